The molecule has 0 aliphatic carbocycles. The smallest absolute Gasteiger partial charge is 0.335 e. The molecule has 6 nitrogen and oxygen atoms in total. The summed E-state index contributed by atoms with van der Waals surface area (Å²) in [6, 6.07) is 14.0. The molecular formula is C22H24N2O4. The molecule has 1 heterocycles. The number of carbonyl (C=O) groups is 3. The first-order valence-corrected chi connectivity index (χ1v) is 9.46. The third-order valence-corrected chi connectivity index (χ3v) is 5.08. The molecule has 1 saturated heterocycles. The van der Waals surface area contributed by atoms with Crippen molar-refractivity contribution in [3.63, 3.8) is 0 Å². The van der Waals surface area contributed by atoms with Gasteiger partial charge in [0, 0.05) is 31.7 Å². The lowest BCUT2D eigenvalue weighted by Gasteiger charge is -2.35. The third-order valence-electron chi connectivity index (χ3n) is 5.08. The second-order valence-electron chi connectivity index (χ2n) is 6.90. The van der Waals surface area contributed by atoms with Crippen molar-refractivity contribution >= 4 is 17.8 Å². The van der Waals surface area contributed by atoms with Gasteiger partial charge in [-0.25, -0.2) is 4.79 Å². The molecule has 28 heavy (non-hydrogen) atoms. The average molecular weight is 380 g/mol. The molecule has 1 aliphatic heterocycles. The maximum absolute atomic E-state index is 12.6. The number of nitrogens with zero attached hydrogens (tertiary/aromatic N) is 2. The van der Waals surface area contributed by atoms with Gasteiger partial charge >= 0.3 is 5.97 Å². The number of piperazine rings is 1. The fourth-order valence-corrected chi connectivity index (χ4v) is 3.28. The highest BCUT2D eigenvalue weighted by molar-refractivity contribution is 5.94. The van der Waals surface area contributed by atoms with Crippen LogP contribution in [0.1, 0.15) is 38.8 Å². The van der Waals surface area contributed by atoms with E-state index in [1.54, 1.807) is 21.9 Å². The van der Waals surface area contributed by atoms with Crippen molar-refractivity contribution in [3.8, 4) is 0 Å². The standard InChI is InChI=1S/C22H24N2O4/c1-2-16-3-7-18(8-4-16)21(26)24-13-11-23(12-14-24)20(25)15-17-5-9-19(10-6-17)22(27)28/h3-10H,2,11-15H2,1H3,(H,27,28). The highest BCUT2D eigenvalue weighted by Crippen LogP contribution is 2.13. The molecule has 1 fully saturated rings. The second kappa shape index (κ2) is 8.69. The molecule has 0 unspecified atom stereocenters. The van der Waals surface area contributed by atoms with Crippen LogP contribution in [-0.2, 0) is 17.6 Å². The van der Waals surface area contributed by atoms with E-state index in [2.05, 4.69) is 6.92 Å². The summed E-state index contributed by atoms with van der Waals surface area (Å²) in [6.07, 6.45) is 1.17. The molecule has 3 rings (SSSR count). The predicted molar refractivity (Wildman–Crippen MR) is 105 cm³/mol. The van der Waals surface area contributed by atoms with Gasteiger partial charge in [0.2, 0.25) is 5.91 Å². The Bertz CT molecular complexity index is 851. The summed E-state index contributed by atoms with van der Waals surface area (Å²) in [7, 11) is 0. The molecule has 0 spiro atoms. The normalized spacial score (nSPS) is 14.0. The lowest BCUT2D eigenvalue weighted by atomic mass is 10.1. The van der Waals surface area contributed by atoms with Crippen molar-refractivity contribution in [1.29, 1.82) is 0 Å². The molecule has 6 heteroatoms. The summed E-state index contributed by atoms with van der Waals surface area (Å²) in [5.41, 5.74) is 2.86. The van der Waals surface area contributed by atoms with Crippen molar-refractivity contribution in [1.82, 2.24) is 9.80 Å². The molecule has 1 N–H and O–H groups in total. The first kappa shape index (κ1) is 19.6. The Morgan fingerprint density at radius 3 is 1.82 bits per heavy atom. The van der Waals surface area contributed by atoms with Gasteiger partial charge in [-0.1, -0.05) is 31.2 Å². The predicted octanol–water partition coefficient (Wildman–Crippen LogP) is 2.47. The Balaban J connectivity index is 1.53. The summed E-state index contributed by atoms with van der Waals surface area (Å²) in [5, 5.41) is 8.93. The second-order valence-corrected chi connectivity index (χ2v) is 6.90. The molecule has 0 aromatic heterocycles. The molecular weight excluding hydrogens is 356 g/mol. The maximum atomic E-state index is 12.6. The Labute approximate surface area is 164 Å². The first-order chi connectivity index (χ1) is 13.5. The molecule has 1 aliphatic rings. The van der Waals surface area contributed by atoms with Crippen LogP contribution in [0.3, 0.4) is 0 Å². The number of amides is 2. The van der Waals surface area contributed by atoms with E-state index in [9.17, 15) is 14.4 Å². The molecule has 146 valence electrons. The van der Waals surface area contributed by atoms with Crippen LogP contribution >= 0.6 is 0 Å². The topological polar surface area (TPSA) is 77.9 Å². The van der Waals surface area contributed by atoms with Crippen LogP contribution in [0.25, 0.3) is 0 Å². The number of aryl methyl sites for hydroxylation is 1. The fourth-order valence-electron chi connectivity index (χ4n) is 3.28. The Kier molecular flexibility index (Phi) is 6.09. The molecule has 0 saturated carbocycles. The third kappa shape index (κ3) is 4.57. The molecule has 2 aromatic carbocycles. The van der Waals surface area contributed by atoms with Crippen LogP contribution in [-0.4, -0.2) is 58.9 Å². The molecule has 0 atom stereocenters. The fraction of sp³-hybridized carbons (Fsp3) is 0.318. The zero-order chi connectivity index (χ0) is 20.1. The van der Waals surface area contributed by atoms with E-state index in [4.69, 9.17) is 5.11 Å². The van der Waals surface area contributed by atoms with E-state index in [0.29, 0.717) is 31.7 Å². The Morgan fingerprint density at radius 2 is 1.29 bits per heavy atom. The number of carboxylic acids is 1. The van der Waals surface area contributed by atoms with Crippen LogP contribution in [0, 0.1) is 0 Å². The molecule has 0 radical (unpaired) electrons. The number of aromatic carboxylic acids is 1. The highest BCUT2D eigenvalue weighted by atomic mass is 16.4. The number of hydrogen-bond donors (Lipinski definition) is 1. The zero-order valence-corrected chi connectivity index (χ0v) is 15.9. The largest absolute Gasteiger partial charge is 0.478 e. The number of benzene rings is 2. The first-order valence-electron chi connectivity index (χ1n) is 9.46. The quantitative estimate of drug-likeness (QED) is 0.864. The summed E-state index contributed by atoms with van der Waals surface area (Å²) >= 11 is 0. The van der Waals surface area contributed by atoms with E-state index in [-0.39, 0.29) is 23.8 Å². The number of hydrogen-bond acceptors (Lipinski definition) is 3. The van der Waals surface area contributed by atoms with Crippen molar-refractivity contribution in [2.45, 2.75) is 19.8 Å². The van der Waals surface area contributed by atoms with Gasteiger partial charge in [0.25, 0.3) is 5.91 Å². The summed E-state index contributed by atoms with van der Waals surface area (Å²) in [5.74, 6) is -0.996. The van der Waals surface area contributed by atoms with Gasteiger partial charge in [-0.15, -0.1) is 0 Å². The molecule has 2 amide bonds. The lowest BCUT2D eigenvalue weighted by molar-refractivity contribution is -0.131. The molecule has 2 aromatic rings. The van der Waals surface area contributed by atoms with Crippen LogP contribution in [0.5, 0.6) is 0 Å². The van der Waals surface area contributed by atoms with E-state index in [0.717, 1.165) is 12.0 Å². The number of carbonyl (C=O) groups excluding carboxylic acids is 2. The minimum atomic E-state index is -0.983. The summed E-state index contributed by atoms with van der Waals surface area (Å²) < 4.78 is 0. The van der Waals surface area contributed by atoms with Crippen LogP contribution in [0.4, 0.5) is 0 Å². The maximum Gasteiger partial charge on any atom is 0.335 e. The average Bonchev–Trinajstić information content (AvgIpc) is 2.73. The van der Waals surface area contributed by atoms with Crippen LogP contribution in [0.2, 0.25) is 0 Å². The van der Waals surface area contributed by atoms with Gasteiger partial charge in [0.1, 0.15) is 0 Å². The highest BCUT2D eigenvalue weighted by Gasteiger charge is 2.24. The van der Waals surface area contributed by atoms with Crippen molar-refractivity contribution in [2.24, 2.45) is 0 Å². The Hall–Kier alpha value is -3.15. The van der Waals surface area contributed by atoms with Crippen LogP contribution in [0.15, 0.2) is 48.5 Å². The van der Waals surface area contributed by atoms with Gasteiger partial charge in [0.15, 0.2) is 0 Å². The minimum Gasteiger partial charge on any atom is -0.478 e. The summed E-state index contributed by atoms with van der Waals surface area (Å²) in [6.45, 7) is 4.11. The number of carboxylic acid groups (broad SMARTS) is 1. The van der Waals surface area contributed by atoms with E-state index >= 15 is 0 Å². The Morgan fingerprint density at radius 1 is 0.786 bits per heavy atom. The van der Waals surface area contributed by atoms with Gasteiger partial charge in [0.05, 0.1) is 12.0 Å². The van der Waals surface area contributed by atoms with Crippen LogP contribution < -0.4 is 0 Å². The van der Waals surface area contributed by atoms with Crippen molar-refractivity contribution < 1.29 is 19.5 Å². The van der Waals surface area contributed by atoms with E-state index < -0.39 is 5.97 Å². The van der Waals surface area contributed by atoms with Gasteiger partial charge in [-0.05, 0) is 41.8 Å². The zero-order valence-electron chi connectivity index (χ0n) is 15.9. The number of rotatable bonds is 5. The monoisotopic (exact) mass is 380 g/mol. The van der Waals surface area contributed by atoms with E-state index in [1.165, 1.54) is 17.7 Å². The summed E-state index contributed by atoms with van der Waals surface area (Å²) in [4.78, 5) is 39.6. The lowest BCUT2D eigenvalue weighted by Crippen LogP contribution is -2.51. The van der Waals surface area contributed by atoms with Gasteiger partial charge < -0.3 is 14.9 Å². The SMILES string of the molecule is CCc1ccc(C(=O)N2CCN(C(=O)Cc3ccc(C(=O)O)cc3)CC2)cc1. The van der Waals surface area contributed by atoms with Gasteiger partial charge in [-0.2, -0.15) is 0 Å². The van der Waals surface area contributed by atoms with Crippen molar-refractivity contribution in [3.05, 3.63) is 70.8 Å². The molecule has 0 bridgehead atoms. The van der Waals surface area contributed by atoms with E-state index in [1.807, 2.05) is 24.3 Å². The van der Waals surface area contributed by atoms with Gasteiger partial charge in [-0.3, -0.25) is 9.59 Å². The minimum absolute atomic E-state index is 0.000915. The van der Waals surface area contributed by atoms with Crippen molar-refractivity contribution in [2.75, 3.05) is 26.2 Å².